The molecule has 0 unspecified atom stereocenters. The maximum atomic E-state index is 12.3. The number of rotatable bonds is 3. The molecule has 2 aliphatic rings. The van der Waals surface area contributed by atoms with Crippen LogP contribution in [-0.4, -0.2) is 10.8 Å². The molecule has 1 aromatic rings. The van der Waals surface area contributed by atoms with Crippen molar-refractivity contribution in [3.63, 3.8) is 0 Å². The van der Waals surface area contributed by atoms with Crippen molar-refractivity contribution in [2.75, 3.05) is 5.32 Å². The summed E-state index contributed by atoms with van der Waals surface area (Å²) < 4.78 is 0. The largest absolute Gasteiger partial charge is 0.326 e. The maximum absolute atomic E-state index is 12.3. The van der Waals surface area contributed by atoms with E-state index in [1.807, 2.05) is 0 Å². The summed E-state index contributed by atoms with van der Waals surface area (Å²) >= 11 is 0. The van der Waals surface area contributed by atoms with Crippen LogP contribution in [0.4, 0.5) is 11.4 Å². The van der Waals surface area contributed by atoms with Crippen LogP contribution in [0.5, 0.6) is 0 Å². The van der Waals surface area contributed by atoms with Gasteiger partial charge in [-0.2, -0.15) is 0 Å². The van der Waals surface area contributed by atoms with E-state index in [0.717, 1.165) is 25.7 Å². The van der Waals surface area contributed by atoms with E-state index in [2.05, 4.69) is 17.5 Å². The van der Waals surface area contributed by atoms with Crippen molar-refractivity contribution in [3.05, 3.63) is 46.5 Å². The van der Waals surface area contributed by atoms with E-state index in [9.17, 15) is 14.9 Å². The van der Waals surface area contributed by atoms with Gasteiger partial charge >= 0.3 is 0 Å². The number of fused-ring (bicyclic) bond motifs is 1. The summed E-state index contributed by atoms with van der Waals surface area (Å²) in [5.74, 6) is 1.18. The van der Waals surface area contributed by atoms with Gasteiger partial charge in [-0.1, -0.05) is 12.2 Å². The molecule has 1 amide bonds. The van der Waals surface area contributed by atoms with Crippen molar-refractivity contribution in [2.24, 2.45) is 17.8 Å². The van der Waals surface area contributed by atoms with Crippen LogP contribution in [0.2, 0.25) is 0 Å². The highest BCUT2D eigenvalue weighted by molar-refractivity contribution is 5.95. The molecule has 0 bridgehead atoms. The van der Waals surface area contributed by atoms with E-state index in [0.29, 0.717) is 17.5 Å². The number of benzene rings is 1. The Hall–Kier alpha value is -2.17. The van der Waals surface area contributed by atoms with Gasteiger partial charge < -0.3 is 5.32 Å². The number of non-ortho nitro benzene ring substituents is 1. The van der Waals surface area contributed by atoms with Gasteiger partial charge in [-0.05, 0) is 49.7 Å². The number of anilines is 1. The SMILES string of the molecule is O=C(Nc1ccc([N+](=O)[O-])cc1)C1[C@H]2CC/C=C/CC[C@H]12. The normalized spacial score (nSPS) is 28.7. The number of carbonyl (C=O) groups is 1. The van der Waals surface area contributed by atoms with E-state index in [-0.39, 0.29) is 17.5 Å². The maximum Gasteiger partial charge on any atom is 0.269 e. The third kappa shape index (κ3) is 2.96. The van der Waals surface area contributed by atoms with Crippen LogP contribution in [0.1, 0.15) is 25.7 Å². The van der Waals surface area contributed by atoms with Crippen LogP contribution in [0, 0.1) is 27.9 Å². The van der Waals surface area contributed by atoms with Crippen LogP contribution in [0.3, 0.4) is 0 Å². The molecule has 1 fully saturated rings. The number of hydrogen-bond donors (Lipinski definition) is 1. The molecule has 0 aliphatic heterocycles. The highest BCUT2D eigenvalue weighted by Gasteiger charge is 2.53. The number of allylic oxidation sites excluding steroid dienone is 2. The second-order valence-electron chi connectivity index (χ2n) is 5.77. The lowest BCUT2D eigenvalue weighted by Crippen LogP contribution is -2.15. The highest BCUT2D eigenvalue weighted by Crippen LogP contribution is 2.53. The van der Waals surface area contributed by atoms with Crippen molar-refractivity contribution in [2.45, 2.75) is 25.7 Å². The zero-order valence-corrected chi connectivity index (χ0v) is 11.7. The number of amides is 1. The lowest BCUT2D eigenvalue weighted by Gasteiger charge is -2.04. The van der Waals surface area contributed by atoms with Crippen LogP contribution in [-0.2, 0) is 4.79 Å². The Morgan fingerprint density at radius 1 is 1.10 bits per heavy atom. The smallest absolute Gasteiger partial charge is 0.269 e. The van der Waals surface area contributed by atoms with Crippen LogP contribution < -0.4 is 5.32 Å². The van der Waals surface area contributed by atoms with Gasteiger partial charge in [0.1, 0.15) is 0 Å². The molecule has 1 N–H and O–H groups in total. The minimum Gasteiger partial charge on any atom is -0.326 e. The Morgan fingerprint density at radius 2 is 1.67 bits per heavy atom. The summed E-state index contributed by atoms with van der Waals surface area (Å²) in [6.45, 7) is 0. The third-order valence-electron chi connectivity index (χ3n) is 4.48. The van der Waals surface area contributed by atoms with E-state index in [1.54, 1.807) is 12.1 Å². The van der Waals surface area contributed by atoms with Crippen molar-refractivity contribution < 1.29 is 9.72 Å². The summed E-state index contributed by atoms with van der Waals surface area (Å²) in [6.07, 6.45) is 8.70. The molecule has 5 nitrogen and oxygen atoms in total. The number of nitrogens with zero attached hydrogens (tertiary/aromatic N) is 1. The lowest BCUT2D eigenvalue weighted by atomic mass is 10.1. The van der Waals surface area contributed by atoms with E-state index in [1.165, 1.54) is 12.1 Å². The van der Waals surface area contributed by atoms with Crippen molar-refractivity contribution >= 4 is 17.3 Å². The molecule has 0 radical (unpaired) electrons. The summed E-state index contributed by atoms with van der Waals surface area (Å²) in [5, 5.41) is 13.5. The topological polar surface area (TPSA) is 72.2 Å². The fourth-order valence-electron chi connectivity index (χ4n) is 3.33. The minimum atomic E-state index is -0.443. The van der Waals surface area contributed by atoms with Crippen molar-refractivity contribution in [1.82, 2.24) is 0 Å². The number of nitrogens with one attached hydrogen (secondary N) is 1. The molecule has 0 aromatic heterocycles. The monoisotopic (exact) mass is 286 g/mol. The Labute approximate surface area is 123 Å². The zero-order valence-electron chi connectivity index (χ0n) is 11.7. The molecule has 110 valence electrons. The molecule has 21 heavy (non-hydrogen) atoms. The molecule has 1 saturated carbocycles. The number of nitro groups is 1. The molecule has 2 aliphatic carbocycles. The van der Waals surface area contributed by atoms with Gasteiger partial charge in [-0.25, -0.2) is 0 Å². The highest BCUT2D eigenvalue weighted by atomic mass is 16.6. The molecule has 0 heterocycles. The van der Waals surface area contributed by atoms with Gasteiger partial charge in [0, 0.05) is 23.7 Å². The third-order valence-corrected chi connectivity index (χ3v) is 4.48. The summed E-state index contributed by atoms with van der Waals surface area (Å²) in [6, 6.07) is 6.00. The molecule has 1 aromatic carbocycles. The first-order valence-corrected chi connectivity index (χ1v) is 7.37. The second kappa shape index (κ2) is 5.68. The van der Waals surface area contributed by atoms with Crippen LogP contribution >= 0.6 is 0 Å². The molecular weight excluding hydrogens is 268 g/mol. The molecule has 5 heteroatoms. The van der Waals surface area contributed by atoms with Gasteiger partial charge in [0.2, 0.25) is 5.91 Å². The summed E-state index contributed by atoms with van der Waals surface area (Å²) in [4.78, 5) is 22.5. The minimum absolute atomic E-state index is 0.0344. The van der Waals surface area contributed by atoms with Gasteiger partial charge in [-0.3, -0.25) is 14.9 Å². The quantitative estimate of drug-likeness (QED) is 0.525. The van der Waals surface area contributed by atoms with Crippen LogP contribution in [0.25, 0.3) is 0 Å². The fourth-order valence-corrected chi connectivity index (χ4v) is 3.33. The first-order valence-electron chi connectivity index (χ1n) is 7.37. The molecule has 0 spiro atoms. The van der Waals surface area contributed by atoms with E-state index >= 15 is 0 Å². The second-order valence-corrected chi connectivity index (χ2v) is 5.77. The van der Waals surface area contributed by atoms with Crippen molar-refractivity contribution in [3.8, 4) is 0 Å². The first kappa shape index (κ1) is 13.8. The Kier molecular flexibility index (Phi) is 3.73. The van der Waals surface area contributed by atoms with E-state index in [4.69, 9.17) is 0 Å². The lowest BCUT2D eigenvalue weighted by molar-refractivity contribution is -0.384. The number of nitro benzene ring substituents is 1. The Morgan fingerprint density at radius 3 is 2.19 bits per heavy atom. The van der Waals surface area contributed by atoms with Crippen molar-refractivity contribution in [1.29, 1.82) is 0 Å². The zero-order chi connectivity index (χ0) is 14.8. The standard InChI is InChI=1S/C16H18N2O3/c19-16(15-13-5-3-1-2-4-6-14(13)15)17-11-7-9-12(10-8-11)18(20)21/h1-2,7-10,13-15H,3-6H2,(H,17,19)/b2-1+/t13-,14-/m0/s1. The number of carbonyl (C=O) groups excluding carboxylic acids is 1. The van der Waals surface area contributed by atoms with Crippen LogP contribution in [0.15, 0.2) is 36.4 Å². The average molecular weight is 286 g/mol. The summed E-state index contributed by atoms with van der Waals surface area (Å²) in [5.41, 5.74) is 0.662. The Bertz CT molecular complexity index is 564. The van der Waals surface area contributed by atoms with Gasteiger partial charge in [0.05, 0.1) is 4.92 Å². The first-order chi connectivity index (χ1) is 10.2. The Balaban J connectivity index is 1.61. The van der Waals surface area contributed by atoms with Gasteiger partial charge in [0.25, 0.3) is 5.69 Å². The number of hydrogen-bond acceptors (Lipinski definition) is 3. The molecule has 0 saturated heterocycles. The van der Waals surface area contributed by atoms with Gasteiger partial charge in [-0.15, -0.1) is 0 Å². The fraction of sp³-hybridized carbons (Fsp3) is 0.438. The molecule has 3 rings (SSSR count). The predicted octanol–water partition coefficient (Wildman–Crippen LogP) is 3.53. The molecular formula is C16H18N2O3. The van der Waals surface area contributed by atoms with Gasteiger partial charge in [0.15, 0.2) is 0 Å². The predicted molar refractivity (Wildman–Crippen MR) is 79.8 cm³/mol. The summed E-state index contributed by atoms with van der Waals surface area (Å²) in [7, 11) is 0. The average Bonchev–Trinajstić information content (AvgIpc) is 3.10. The van der Waals surface area contributed by atoms with E-state index < -0.39 is 4.92 Å². The molecule has 2 atom stereocenters.